The molecule has 0 spiro atoms. The molecule has 2 nitrogen and oxygen atoms in total. The van der Waals surface area contributed by atoms with Gasteiger partial charge in [0.15, 0.2) is 0 Å². The molecule has 2 heteroatoms. The van der Waals surface area contributed by atoms with Crippen LogP contribution in [-0.2, 0) is 0 Å². The highest BCUT2D eigenvalue weighted by molar-refractivity contribution is 6.10. The Labute approximate surface area is 111 Å². The lowest BCUT2D eigenvalue weighted by molar-refractivity contribution is -0.00278. The normalized spacial score (nSPS) is 10.1. The SMILES string of the molecule is [N-]=[N+]=C(c1ccccc1)c1ccc2ccccc2c1. The van der Waals surface area contributed by atoms with Crippen molar-refractivity contribution in [3.63, 3.8) is 0 Å². The van der Waals surface area contributed by atoms with Crippen LogP contribution < -0.4 is 0 Å². The van der Waals surface area contributed by atoms with E-state index in [-0.39, 0.29) is 0 Å². The summed E-state index contributed by atoms with van der Waals surface area (Å²) in [6.07, 6.45) is 0. The van der Waals surface area contributed by atoms with Crippen molar-refractivity contribution >= 4 is 16.5 Å². The minimum atomic E-state index is 0.589. The first kappa shape index (κ1) is 11.4. The van der Waals surface area contributed by atoms with Crippen molar-refractivity contribution in [3.05, 3.63) is 89.5 Å². The van der Waals surface area contributed by atoms with E-state index < -0.39 is 0 Å². The third kappa shape index (κ3) is 2.17. The van der Waals surface area contributed by atoms with Crippen molar-refractivity contribution in [2.45, 2.75) is 0 Å². The summed E-state index contributed by atoms with van der Waals surface area (Å²) in [5.41, 5.74) is 11.7. The fraction of sp³-hybridized carbons (Fsp3) is 0. The van der Waals surface area contributed by atoms with Crippen molar-refractivity contribution in [1.29, 1.82) is 0 Å². The van der Waals surface area contributed by atoms with Crippen LogP contribution in [0.5, 0.6) is 0 Å². The molecule has 0 atom stereocenters. The highest BCUT2D eigenvalue weighted by Gasteiger charge is 2.14. The zero-order valence-electron chi connectivity index (χ0n) is 10.3. The number of nitrogens with zero attached hydrogens (tertiary/aromatic N) is 2. The van der Waals surface area contributed by atoms with Crippen molar-refractivity contribution < 1.29 is 4.79 Å². The monoisotopic (exact) mass is 244 g/mol. The molecule has 0 fully saturated rings. The fourth-order valence-electron chi connectivity index (χ4n) is 2.21. The van der Waals surface area contributed by atoms with E-state index in [4.69, 9.17) is 0 Å². The molecule has 3 rings (SSSR count). The lowest BCUT2D eigenvalue weighted by Gasteiger charge is -2.00. The van der Waals surface area contributed by atoms with Gasteiger partial charge in [-0.3, -0.25) is 0 Å². The van der Waals surface area contributed by atoms with Gasteiger partial charge in [-0.25, -0.2) is 0 Å². The molecule has 0 saturated carbocycles. The molecule has 0 N–H and O–H groups in total. The van der Waals surface area contributed by atoms with Crippen LogP contribution in [-0.4, -0.2) is 10.5 Å². The van der Waals surface area contributed by atoms with Gasteiger partial charge in [0.05, 0.1) is 11.1 Å². The van der Waals surface area contributed by atoms with Gasteiger partial charge in [-0.05, 0) is 35.0 Å². The Hall–Kier alpha value is -2.70. The Bertz CT molecular complexity index is 769. The maximum atomic E-state index is 9.29. The van der Waals surface area contributed by atoms with Gasteiger partial charge in [0.25, 0.3) is 0 Å². The predicted molar refractivity (Wildman–Crippen MR) is 77.2 cm³/mol. The summed E-state index contributed by atoms with van der Waals surface area (Å²) >= 11 is 0. The molecular weight excluding hydrogens is 232 g/mol. The molecule has 0 amide bonds. The number of hydrogen-bond acceptors (Lipinski definition) is 0. The molecule has 19 heavy (non-hydrogen) atoms. The summed E-state index contributed by atoms with van der Waals surface area (Å²) < 4.78 is 0. The number of rotatable bonds is 2. The first-order valence-corrected chi connectivity index (χ1v) is 6.15. The van der Waals surface area contributed by atoms with Crippen LogP contribution >= 0.6 is 0 Å². The van der Waals surface area contributed by atoms with E-state index in [1.165, 1.54) is 5.39 Å². The Morgan fingerprint density at radius 3 is 2.11 bits per heavy atom. The predicted octanol–water partition coefficient (Wildman–Crippen LogP) is 3.91. The lowest BCUT2D eigenvalue weighted by Crippen LogP contribution is -2.04. The molecule has 0 heterocycles. The van der Waals surface area contributed by atoms with Crippen LogP contribution in [0.25, 0.3) is 16.3 Å². The second kappa shape index (κ2) is 4.89. The smallest absolute Gasteiger partial charge is 0.329 e. The summed E-state index contributed by atoms with van der Waals surface area (Å²) in [7, 11) is 0. The molecule has 90 valence electrons. The van der Waals surface area contributed by atoms with Gasteiger partial charge in [0.2, 0.25) is 0 Å². The third-order valence-corrected chi connectivity index (χ3v) is 3.17. The van der Waals surface area contributed by atoms with Gasteiger partial charge in [0.1, 0.15) is 0 Å². The van der Waals surface area contributed by atoms with Crippen molar-refractivity contribution in [1.82, 2.24) is 0 Å². The van der Waals surface area contributed by atoms with Crippen LogP contribution in [0.15, 0.2) is 72.8 Å². The average Bonchev–Trinajstić information content (AvgIpc) is 2.49. The molecule has 0 unspecified atom stereocenters. The Morgan fingerprint density at radius 1 is 0.684 bits per heavy atom. The van der Waals surface area contributed by atoms with Crippen molar-refractivity contribution in [2.75, 3.05) is 0 Å². The summed E-state index contributed by atoms with van der Waals surface area (Å²) in [4.78, 5) is 3.45. The van der Waals surface area contributed by atoms with E-state index in [0.717, 1.165) is 16.5 Å². The molecule has 0 saturated heterocycles. The van der Waals surface area contributed by atoms with E-state index in [1.54, 1.807) is 0 Å². The van der Waals surface area contributed by atoms with E-state index in [0.29, 0.717) is 5.71 Å². The first-order chi connectivity index (χ1) is 9.38. The topological polar surface area (TPSA) is 36.4 Å². The summed E-state index contributed by atoms with van der Waals surface area (Å²) in [6, 6.07) is 23.9. The van der Waals surface area contributed by atoms with Crippen LogP contribution in [0.3, 0.4) is 0 Å². The van der Waals surface area contributed by atoms with Gasteiger partial charge in [-0.15, -0.1) is 0 Å². The molecular formula is C17H12N2. The minimum absolute atomic E-state index is 0.589. The number of hydrogen-bond donors (Lipinski definition) is 0. The zero-order valence-corrected chi connectivity index (χ0v) is 10.3. The summed E-state index contributed by atoms with van der Waals surface area (Å²) in [5, 5.41) is 2.31. The Kier molecular flexibility index (Phi) is 2.93. The molecule has 0 aliphatic heterocycles. The van der Waals surface area contributed by atoms with Crippen molar-refractivity contribution in [2.24, 2.45) is 0 Å². The first-order valence-electron chi connectivity index (χ1n) is 6.15. The molecule has 0 aliphatic carbocycles. The van der Waals surface area contributed by atoms with E-state index in [1.807, 2.05) is 60.7 Å². The Balaban J connectivity index is 2.15. The lowest BCUT2D eigenvalue weighted by atomic mass is 9.99. The second-order valence-corrected chi connectivity index (χ2v) is 4.38. The molecule has 3 aromatic carbocycles. The van der Waals surface area contributed by atoms with E-state index >= 15 is 0 Å². The molecule has 3 aromatic rings. The largest absolute Gasteiger partial charge is 0.361 e. The number of benzene rings is 3. The molecule has 0 aromatic heterocycles. The summed E-state index contributed by atoms with van der Waals surface area (Å²) in [5.74, 6) is 0. The maximum Gasteiger partial charge on any atom is 0.329 e. The second-order valence-electron chi connectivity index (χ2n) is 4.38. The van der Waals surface area contributed by atoms with Crippen LogP contribution in [0.4, 0.5) is 0 Å². The standard InChI is InChI=1S/C17H12N2/c18-19-17(14-7-2-1-3-8-14)16-11-10-13-6-4-5-9-15(13)12-16/h1-12H. The third-order valence-electron chi connectivity index (χ3n) is 3.17. The highest BCUT2D eigenvalue weighted by Crippen LogP contribution is 2.17. The van der Waals surface area contributed by atoms with Gasteiger partial charge in [-0.1, -0.05) is 48.5 Å². The van der Waals surface area contributed by atoms with Gasteiger partial charge in [-0.2, -0.15) is 4.79 Å². The molecule has 0 radical (unpaired) electrons. The quantitative estimate of drug-likeness (QED) is 0.372. The zero-order chi connectivity index (χ0) is 13.1. The van der Waals surface area contributed by atoms with E-state index in [2.05, 4.69) is 16.9 Å². The van der Waals surface area contributed by atoms with Gasteiger partial charge < -0.3 is 5.53 Å². The maximum absolute atomic E-state index is 9.29. The van der Waals surface area contributed by atoms with Crippen LogP contribution in [0.1, 0.15) is 11.1 Å². The molecule has 0 aliphatic rings. The van der Waals surface area contributed by atoms with Gasteiger partial charge >= 0.3 is 5.71 Å². The van der Waals surface area contributed by atoms with Crippen LogP contribution in [0.2, 0.25) is 0 Å². The average molecular weight is 244 g/mol. The van der Waals surface area contributed by atoms with Gasteiger partial charge in [0, 0.05) is 0 Å². The van der Waals surface area contributed by atoms with Crippen molar-refractivity contribution in [3.8, 4) is 0 Å². The minimum Gasteiger partial charge on any atom is -0.361 e. The van der Waals surface area contributed by atoms with E-state index in [9.17, 15) is 5.53 Å². The Morgan fingerprint density at radius 2 is 1.37 bits per heavy atom. The highest BCUT2D eigenvalue weighted by atomic mass is 14.9. The van der Waals surface area contributed by atoms with Crippen LogP contribution in [0, 0.1) is 0 Å². The number of fused-ring (bicyclic) bond motifs is 1. The molecule has 0 bridgehead atoms. The fourth-order valence-corrected chi connectivity index (χ4v) is 2.21. The summed E-state index contributed by atoms with van der Waals surface area (Å²) in [6.45, 7) is 0.